The van der Waals surface area contributed by atoms with Crippen molar-refractivity contribution in [1.82, 2.24) is 9.88 Å². The third kappa shape index (κ3) is 4.49. The number of piperidine rings is 2. The third-order valence-electron chi connectivity index (χ3n) is 5.59. The van der Waals surface area contributed by atoms with Gasteiger partial charge in [0.2, 0.25) is 0 Å². The molecule has 3 heterocycles. The van der Waals surface area contributed by atoms with Gasteiger partial charge in [-0.2, -0.15) is 0 Å². The highest BCUT2D eigenvalue weighted by Crippen LogP contribution is 2.26. The molecule has 1 amide bonds. The second kappa shape index (κ2) is 8.76. The number of anilines is 1. The van der Waals surface area contributed by atoms with E-state index in [1.807, 2.05) is 11.0 Å². The van der Waals surface area contributed by atoms with Gasteiger partial charge in [0.15, 0.2) is 11.6 Å². The van der Waals surface area contributed by atoms with Crippen LogP contribution in [0.3, 0.4) is 0 Å². The molecule has 2 saturated heterocycles. The summed E-state index contributed by atoms with van der Waals surface area (Å²) >= 11 is 0. The van der Waals surface area contributed by atoms with E-state index in [2.05, 4.69) is 9.88 Å². The summed E-state index contributed by atoms with van der Waals surface area (Å²) < 4.78 is 32.6. The Bertz CT molecular complexity index is 863. The lowest BCUT2D eigenvalue weighted by Gasteiger charge is -2.34. The van der Waals surface area contributed by atoms with Crippen LogP contribution in [-0.4, -0.2) is 48.1 Å². The molecule has 2 aromatic rings. The minimum absolute atomic E-state index is 0.0231. The fraction of sp³-hybridized carbons (Fsp3) is 0.455. The number of carbonyl (C=O) groups excluding carboxylic acids is 1. The molecular weight excluding hydrogens is 376 g/mol. The first-order chi connectivity index (χ1) is 14.1. The predicted octanol–water partition coefficient (Wildman–Crippen LogP) is 4.03. The van der Waals surface area contributed by atoms with Gasteiger partial charge in [-0.3, -0.25) is 4.79 Å². The lowest BCUT2D eigenvalue weighted by molar-refractivity contribution is 0.0588. The van der Waals surface area contributed by atoms with E-state index in [9.17, 15) is 13.6 Å². The number of rotatable bonds is 4. The van der Waals surface area contributed by atoms with Crippen LogP contribution < -0.4 is 9.64 Å². The summed E-state index contributed by atoms with van der Waals surface area (Å²) in [7, 11) is 0. The van der Waals surface area contributed by atoms with Crippen molar-refractivity contribution in [3.63, 3.8) is 0 Å². The van der Waals surface area contributed by atoms with E-state index < -0.39 is 11.6 Å². The Morgan fingerprint density at radius 1 is 1.03 bits per heavy atom. The van der Waals surface area contributed by atoms with Crippen LogP contribution in [0.15, 0.2) is 36.5 Å². The number of hydrogen-bond donors (Lipinski definition) is 0. The van der Waals surface area contributed by atoms with E-state index in [4.69, 9.17) is 4.74 Å². The van der Waals surface area contributed by atoms with Gasteiger partial charge in [0, 0.05) is 51.3 Å². The SMILES string of the molecule is O=C(c1cccnc1N1CCCCC1)N1CCC(Oc2ccc(F)cc2F)CC1. The van der Waals surface area contributed by atoms with Crippen LogP contribution in [0.5, 0.6) is 5.75 Å². The van der Waals surface area contributed by atoms with Crippen molar-refractivity contribution in [2.45, 2.75) is 38.2 Å². The van der Waals surface area contributed by atoms with Crippen LogP contribution in [0.25, 0.3) is 0 Å². The highest BCUT2D eigenvalue weighted by molar-refractivity contribution is 5.99. The summed E-state index contributed by atoms with van der Waals surface area (Å²) in [4.78, 5) is 21.6. The van der Waals surface area contributed by atoms with Gasteiger partial charge < -0.3 is 14.5 Å². The first-order valence-electron chi connectivity index (χ1n) is 10.2. The Hall–Kier alpha value is -2.70. The zero-order valence-corrected chi connectivity index (χ0v) is 16.3. The predicted molar refractivity (Wildman–Crippen MR) is 106 cm³/mol. The fourth-order valence-electron chi connectivity index (χ4n) is 4.02. The summed E-state index contributed by atoms with van der Waals surface area (Å²) in [5.74, 6) is -0.536. The molecule has 0 aliphatic carbocycles. The second-order valence-corrected chi connectivity index (χ2v) is 7.61. The number of halogens is 2. The maximum absolute atomic E-state index is 13.8. The molecule has 1 aromatic carbocycles. The molecule has 0 bridgehead atoms. The maximum Gasteiger partial charge on any atom is 0.257 e. The first-order valence-corrected chi connectivity index (χ1v) is 10.2. The van der Waals surface area contributed by atoms with Crippen molar-refractivity contribution in [3.8, 4) is 5.75 Å². The molecule has 7 heteroatoms. The van der Waals surface area contributed by atoms with E-state index in [1.54, 1.807) is 12.3 Å². The summed E-state index contributed by atoms with van der Waals surface area (Å²) in [6.07, 6.45) is 6.19. The number of likely N-dealkylation sites (tertiary alicyclic amines) is 1. The van der Waals surface area contributed by atoms with E-state index in [0.717, 1.165) is 37.8 Å². The minimum Gasteiger partial charge on any atom is -0.487 e. The Morgan fingerprint density at radius 3 is 2.52 bits per heavy atom. The summed E-state index contributed by atoms with van der Waals surface area (Å²) in [5, 5.41) is 0. The van der Waals surface area contributed by atoms with Gasteiger partial charge in [0.25, 0.3) is 5.91 Å². The maximum atomic E-state index is 13.8. The number of benzene rings is 1. The molecule has 2 aliphatic heterocycles. The number of amides is 1. The zero-order chi connectivity index (χ0) is 20.2. The van der Waals surface area contributed by atoms with Gasteiger partial charge in [-0.1, -0.05) is 0 Å². The highest BCUT2D eigenvalue weighted by Gasteiger charge is 2.28. The van der Waals surface area contributed by atoms with Crippen molar-refractivity contribution in [3.05, 3.63) is 53.7 Å². The molecule has 0 N–H and O–H groups in total. The number of carbonyl (C=O) groups is 1. The lowest BCUT2D eigenvalue weighted by Crippen LogP contribution is -2.42. The van der Waals surface area contributed by atoms with Crippen LogP contribution in [-0.2, 0) is 0 Å². The van der Waals surface area contributed by atoms with Crippen LogP contribution in [0, 0.1) is 11.6 Å². The molecule has 154 valence electrons. The smallest absolute Gasteiger partial charge is 0.257 e. The molecular formula is C22H25F2N3O2. The Kier molecular flexibility index (Phi) is 5.92. The molecule has 0 unspecified atom stereocenters. The molecule has 29 heavy (non-hydrogen) atoms. The molecule has 1 aromatic heterocycles. The van der Waals surface area contributed by atoms with Crippen LogP contribution in [0.4, 0.5) is 14.6 Å². The number of aromatic nitrogens is 1. The monoisotopic (exact) mass is 401 g/mol. The Balaban J connectivity index is 1.39. The van der Waals surface area contributed by atoms with Crippen LogP contribution in [0.1, 0.15) is 42.5 Å². The first kappa shape index (κ1) is 19.6. The number of nitrogens with zero attached hydrogens (tertiary/aromatic N) is 3. The fourth-order valence-corrected chi connectivity index (χ4v) is 4.02. The number of pyridine rings is 1. The summed E-state index contributed by atoms with van der Waals surface area (Å²) in [6, 6.07) is 6.95. The summed E-state index contributed by atoms with van der Waals surface area (Å²) in [6.45, 7) is 2.91. The van der Waals surface area contributed by atoms with Gasteiger partial charge in [-0.25, -0.2) is 13.8 Å². The van der Waals surface area contributed by atoms with Crippen molar-refractivity contribution < 1.29 is 18.3 Å². The van der Waals surface area contributed by atoms with Crippen molar-refractivity contribution in [2.75, 3.05) is 31.1 Å². The lowest BCUT2D eigenvalue weighted by atomic mass is 10.1. The largest absolute Gasteiger partial charge is 0.487 e. The molecule has 0 atom stereocenters. The molecule has 0 radical (unpaired) electrons. The van der Waals surface area contributed by atoms with Gasteiger partial charge in [0.05, 0.1) is 5.56 Å². The van der Waals surface area contributed by atoms with Crippen LogP contribution >= 0.6 is 0 Å². The molecule has 2 aliphatic rings. The number of hydrogen-bond acceptors (Lipinski definition) is 4. The van der Waals surface area contributed by atoms with Crippen molar-refractivity contribution in [2.24, 2.45) is 0 Å². The van der Waals surface area contributed by atoms with E-state index in [0.29, 0.717) is 31.5 Å². The number of ether oxygens (including phenoxy) is 1. The van der Waals surface area contributed by atoms with E-state index in [-0.39, 0.29) is 17.8 Å². The highest BCUT2D eigenvalue weighted by atomic mass is 19.1. The normalized spacial score (nSPS) is 18.0. The molecule has 0 spiro atoms. The molecule has 2 fully saturated rings. The quantitative estimate of drug-likeness (QED) is 0.776. The zero-order valence-electron chi connectivity index (χ0n) is 16.3. The average Bonchev–Trinajstić information content (AvgIpc) is 2.76. The molecule has 0 saturated carbocycles. The average molecular weight is 401 g/mol. The summed E-state index contributed by atoms with van der Waals surface area (Å²) in [5.41, 5.74) is 0.637. The van der Waals surface area contributed by atoms with Gasteiger partial charge in [-0.15, -0.1) is 0 Å². The standard InChI is InChI=1S/C22H25F2N3O2/c23-16-6-7-20(19(24)15-16)29-17-8-13-27(14-9-17)22(28)18-5-4-10-25-21(18)26-11-2-1-3-12-26/h4-7,10,15,17H,1-3,8-9,11-14H2. The van der Waals surface area contributed by atoms with Gasteiger partial charge >= 0.3 is 0 Å². The van der Waals surface area contributed by atoms with E-state index in [1.165, 1.54) is 18.6 Å². The topological polar surface area (TPSA) is 45.7 Å². The Labute approximate surface area is 169 Å². The molecule has 4 rings (SSSR count). The van der Waals surface area contributed by atoms with E-state index >= 15 is 0 Å². The Morgan fingerprint density at radius 2 is 1.79 bits per heavy atom. The van der Waals surface area contributed by atoms with Crippen molar-refractivity contribution >= 4 is 11.7 Å². The second-order valence-electron chi connectivity index (χ2n) is 7.61. The van der Waals surface area contributed by atoms with Gasteiger partial charge in [-0.05, 0) is 43.5 Å². The van der Waals surface area contributed by atoms with Gasteiger partial charge in [0.1, 0.15) is 17.7 Å². The third-order valence-corrected chi connectivity index (χ3v) is 5.59. The van der Waals surface area contributed by atoms with Crippen LogP contribution in [0.2, 0.25) is 0 Å². The molecule has 5 nitrogen and oxygen atoms in total. The minimum atomic E-state index is -0.704. The van der Waals surface area contributed by atoms with Crippen molar-refractivity contribution in [1.29, 1.82) is 0 Å².